The summed E-state index contributed by atoms with van der Waals surface area (Å²) in [5.74, 6) is -0.127. The maximum Gasteiger partial charge on any atom is 0.343 e. The Hall–Kier alpha value is -4.45. The second kappa shape index (κ2) is 12.8. The minimum atomic E-state index is -0.474. The molecule has 5 nitrogen and oxygen atoms in total. The lowest BCUT2D eigenvalue weighted by molar-refractivity contribution is -0.112. The monoisotopic (exact) mass is 582 g/mol. The number of rotatable bonds is 6. The lowest BCUT2D eigenvalue weighted by Gasteiger charge is -2.16. The quantitative estimate of drug-likeness (QED) is 0.129. The van der Waals surface area contributed by atoms with E-state index in [1.807, 2.05) is 36.4 Å². The Labute approximate surface area is 247 Å². The van der Waals surface area contributed by atoms with E-state index < -0.39 is 11.9 Å². The van der Waals surface area contributed by atoms with Crippen LogP contribution in [-0.4, -0.2) is 17.7 Å². The number of allylic oxidation sites excluding steroid dienone is 2. The van der Waals surface area contributed by atoms with Crippen molar-refractivity contribution >= 4 is 53.1 Å². The average Bonchev–Trinajstić information content (AvgIpc) is 2.98. The minimum absolute atomic E-state index is 0.00716. The van der Waals surface area contributed by atoms with Gasteiger partial charge in [-0.2, -0.15) is 0 Å². The predicted molar refractivity (Wildman–Crippen MR) is 161 cm³/mol. The summed E-state index contributed by atoms with van der Waals surface area (Å²) in [4.78, 5) is 37.9. The van der Waals surface area contributed by atoms with Gasteiger partial charge in [0, 0.05) is 21.2 Å². The fourth-order valence-corrected chi connectivity index (χ4v) is 4.60. The third-order valence-corrected chi connectivity index (χ3v) is 7.00. The number of benzene rings is 4. The zero-order valence-corrected chi connectivity index (χ0v) is 23.3. The Kier molecular flexibility index (Phi) is 8.78. The normalized spacial score (nSPS) is 15.1. The molecule has 0 saturated heterocycles. The van der Waals surface area contributed by atoms with Crippen LogP contribution in [0.1, 0.15) is 51.1 Å². The molecular formula is C34H24Cl2O5. The molecule has 41 heavy (non-hydrogen) atoms. The lowest BCUT2D eigenvalue weighted by Crippen LogP contribution is -2.12. The van der Waals surface area contributed by atoms with Crippen molar-refractivity contribution < 1.29 is 23.9 Å². The molecule has 0 radical (unpaired) electrons. The molecule has 204 valence electrons. The summed E-state index contributed by atoms with van der Waals surface area (Å²) in [5.41, 5.74) is 3.94. The van der Waals surface area contributed by atoms with Crippen LogP contribution in [0.4, 0.5) is 0 Å². The van der Waals surface area contributed by atoms with Gasteiger partial charge in [-0.3, -0.25) is 4.79 Å². The van der Waals surface area contributed by atoms with Crippen LogP contribution < -0.4 is 9.47 Å². The zero-order chi connectivity index (χ0) is 28.8. The lowest BCUT2D eigenvalue weighted by atomic mass is 9.87. The highest BCUT2D eigenvalue weighted by Crippen LogP contribution is 2.29. The van der Waals surface area contributed by atoms with E-state index in [2.05, 4.69) is 0 Å². The van der Waals surface area contributed by atoms with Crippen LogP contribution in [0.3, 0.4) is 0 Å². The summed E-state index contributed by atoms with van der Waals surface area (Å²) in [7, 11) is 0. The van der Waals surface area contributed by atoms with Gasteiger partial charge < -0.3 is 9.47 Å². The molecule has 0 aromatic heterocycles. The van der Waals surface area contributed by atoms with E-state index >= 15 is 0 Å². The van der Waals surface area contributed by atoms with E-state index in [9.17, 15) is 14.4 Å². The first-order valence-electron chi connectivity index (χ1n) is 13.0. The topological polar surface area (TPSA) is 69.7 Å². The molecule has 0 atom stereocenters. The fraction of sp³-hybridized carbons (Fsp3) is 0.0882. The van der Waals surface area contributed by atoms with Crippen molar-refractivity contribution in [2.75, 3.05) is 0 Å². The summed E-state index contributed by atoms with van der Waals surface area (Å²) >= 11 is 11.7. The van der Waals surface area contributed by atoms with E-state index in [1.165, 1.54) is 0 Å². The van der Waals surface area contributed by atoms with Gasteiger partial charge in [0.15, 0.2) is 5.78 Å². The van der Waals surface area contributed by atoms with E-state index in [0.29, 0.717) is 45.5 Å². The molecule has 0 heterocycles. The van der Waals surface area contributed by atoms with Crippen LogP contribution in [-0.2, 0) is 4.79 Å². The van der Waals surface area contributed by atoms with Crippen LogP contribution in [0, 0.1) is 0 Å². The van der Waals surface area contributed by atoms with E-state index in [1.54, 1.807) is 72.8 Å². The molecule has 1 fully saturated rings. The van der Waals surface area contributed by atoms with Crippen molar-refractivity contribution in [1.82, 2.24) is 0 Å². The highest BCUT2D eigenvalue weighted by molar-refractivity contribution is 6.31. The standard InChI is InChI=1S/C34H24Cl2O5/c35-28-12-8-24(9-13-28)33(38)40-30-16-4-22(5-17-30)20-26-2-1-3-27(32(26)37)21-23-6-18-31(19-7-23)41-34(39)25-10-14-29(36)15-11-25/h4-21H,1-3H2/b26-20+,27-21+. The third-order valence-electron chi connectivity index (χ3n) is 6.50. The average molecular weight is 583 g/mol. The van der Waals surface area contributed by atoms with Crippen molar-refractivity contribution in [3.63, 3.8) is 0 Å². The molecule has 0 spiro atoms. The van der Waals surface area contributed by atoms with Gasteiger partial charge in [-0.15, -0.1) is 0 Å². The molecule has 0 amide bonds. The summed E-state index contributed by atoms with van der Waals surface area (Å²) in [6.07, 6.45) is 5.97. The summed E-state index contributed by atoms with van der Waals surface area (Å²) in [6, 6.07) is 27.0. The Bertz CT molecular complexity index is 1510. The first kappa shape index (κ1) is 28.1. The van der Waals surface area contributed by atoms with Crippen LogP contribution in [0.2, 0.25) is 10.0 Å². The Morgan fingerprint density at radius 3 is 1.29 bits per heavy atom. The maximum absolute atomic E-state index is 13.2. The molecule has 0 aliphatic heterocycles. The third kappa shape index (κ3) is 7.40. The van der Waals surface area contributed by atoms with Crippen LogP contribution >= 0.6 is 23.2 Å². The number of carbonyl (C=O) groups excluding carboxylic acids is 3. The van der Waals surface area contributed by atoms with Crippen molar-refractivity contribution in [2.45, 2.75) is 19.3 Å². The molecule has 1 aliphatic rings. The van der Waals surface area contributed by atoms with Gasteiger partial charge in [0.05, 0.1) is 11.1 Å². The molecule has 0 N–H and O–H groups in total. The fourth-order valence-electron chi connectivity index (χ4n) is 4.35. The number of esters is 2. The molecule has 0 bridgehead atoms. The van der Waals surface area contributed by atoms with Gasteiger partial charge in [-0.25, -0.2) is 9.59 Å². The number of ketones is 1. The zero-order valence-electron chi connectivity index (χ0n) is 21.8. The van der Waals surface area contributed by atoms with Crippen LogP contribution in [0.25, 0.3) is 12.2 Å². The van der Waals surface area contributed by atoms with E-state index in [0.717, 1.165) is 28.7 Å². The number of ether oxygens (including phenoxy) is 2. The Morgan fingerprint density at radius 1 is 0.561 bits per heavy atom. The molecule has 1 aliphatic carbocycles. The van der Waals surface area contributed by atoms with Gasteiger partial charge in [0.25, 0.3) is 0 Å². The predicted octanol–water partition coefficient (Wildman–Crippen LogP) is 8.65. The molecular weight excluding hydrogens is 559 g/mol. The molecule has 5 rings (SSSR count). The van der Waals surface area contributed by atoms with E-state index in [4.69, 9.17) is 32.7 Å². The van der Waals surface area contributed by atoms with Gasteiger partial charge in [-0.05, 0) is 115 Å². The highest BCUT2D eigenvalue weighted by atomic mass is 35.5. The highest BCUT2D eigenvalue weighted by Gasteiger charge is 2.20. The number of Topliss-reactive ketones (excluding diaryl/α,β-unsaturated/α-hetero) is 1. The maximum atomic E-state index is 13.2. The second-order valence-corrected chi connectivity index (χ2v) is 10.3. The largest absolute Gasteiger partial charge is 0.423 e. The number of carbonyl (C=O) groups is 3. The molecule has 7 heteroatoms. The van der Waals surface area contributed by atoms with Crippen molar-refractivity contribution in [1.29, 1.82) is 0 Å². The summed E-state index contributed by atoms with van der Waals surface area (Å²) < 4.78 is 10.9. The Morgan fingerprint density at radius 2 is 0.927 bits per heavy atom. The van der Waals surface area contributed by atoms with Gasteiger partial charge in [-0.1, -0.05) is 47.5 Å². The van der Waals surface area contributed by atoms with Crippen LogP contribution in [0.5, 0.6) is 11.5 Å². The van der Waals surface area contributed by atoms with Gasteiger partial charge in [0.2, 0.25) is 0 Å². The van der Waals surface area contributed by atoms with Crippen molar-refractivity contribution in [3.05, 3.63) is 141 Å². The first-order valence-corrected chi connectivity index (χ1v) is 13.7. The smallest absolute Gasteiger partial charge is 0.343 e. The molecule has 4 aromatic carbocycles. The number of hydrogen-bond donors (Lipinski definition) is 0. The first-order chi connectivity index (χ1) is 19.8. The van der Waals surface area contributed by atoms with Crippen molar-refractivity contribution in [3.8, 4) is 11.5 Å². The van der Waals surface area contributed by atoms with E-state index in [-0.39, 0.29) is 5.78 Å². The molecule has 0 unspecified atom stereocenters. The van der Waals surface area contributed by atoms with Gasteiger partial charge >= 0.3 is 11.9 Å². The molecule has 4 aromatic rings. The number of hydrogen-bond acceptors (Lipinski definition) is 5. The minimum Gasteiger partial charge on any atom is -0.423 e. The number of halogens is 2. The summed E-state index contributed by atoms with van der Waals surface area (Å²) in [6.45, 7) is 0. The SMILES string of the molecule is O=C1/C(=C/c2ccc(OC(=O)c3ccc(Cl)cc3)cc2)CCC/C1=C\c1ccc(OC(=O)c2ccc(Cl)cc2)cc1. The Balaban J connectivity index is 1.22. The van der Waals surface area contributed by atoms with Gasteiger partial charge in [0.1, 0.15) is 11.5 Å². The van der Waals surface area contributed by atoms with Crippen LogP contribution in [0.15, 0.2) is 108 Å². The summed E-state index contributed by atoms with van der Waals surface area (Å²) in [5, 5.41) is 1.08. The molecule has 1 saturated carbocycles. The van der Waals surface area contributed by atoms with Crippen molar-refractivity contribution in [2.24, 2.45) is 0 Å². The second-order valence-electron chi connectivity index (χ2n) is 9.45.